The monoisotopic (exact) mass is 486 g/mol. The summed E-state index contributed by atoms with van der Waals surface area (Å²) in [6.07, 6.45) is -0.0161. The van der Waals surface area contributed by atoms with Crippen molar-refractivity contribution in [1.82, 2.24) is 10.2 Å². The predicted octanol–water partition coefficient (Wildman–Crippen LogP) is 0.905. The Labute approximate surface area is 193 Å². The molecule has 12 heteroatoms. The summed E-state index contributed by atoms with van der Waals surface area (Å²) in [5.74, 6) is -3.54. The van der Waals surface area contributed by atoms with Gasteiger partial charge in [-0.25, -0.2) is 0 Å². The molecule has 0 saturated carbocycles. The zero-order valence-corrected chi connectivity index (χ0v) is 18.5. The van der Waals surface area contributed by atoms with Crippen LogP contribution in [0.3, 0.4) is 0 Å². The zero-order chi connectivity index (χ0) is 24.8. The van der Waals surface area contributed by atoms with Crippen LogP contribution >= 0.6 is 0 Å². The van der Waals surface area contributed by atoms with Gasteiger partial charge in [0.1, 0.15) is 16.7 Å². The van der Waals surface area contributed by atoms with Gasteiger partial charge in [-0.3, -0.25) is 38.7 Å². The number of piperidine rings is 1. The van der Waals surface area contributed by atoms with Crippen molar-refractivity contribution in [2.24, 2.45) is 0 Å². The molecule has 0 radical (unpaired) electrons. The van der Waals surface area contributed by atoms with E-state index in [-0.39, 0.29) is 35.3 Å². The fourth-order valence-electron chi connectivity index (χ4n) is 3.81. The topological polar surface area (TPSA) is 164 Å². The van der Waals surface area contributed by atoms with Crippen molar-refractivity contribution >= 4 is 39.5 Å². The molecule has 2 heterocycles. The minimum atomic E-state index is -4.59. The summed E-state index contributed by atoms with van der Waals surface area (Å²) in [7, 11) is -4.59. The lowest BCUT2D eigenvalue weighted by Gasteiger charge is -2.27. The summed E-state index contributed by atoms with van der Waals surface area (Å²) in [6, 6.07) is 6.61. The first-order valence-electron chi connectivity index (χ1n) is 10.1. The standard InChI is InChI=1S/C22H18N2O9S/c1-11-2-6-18(34(30,31)32)17(8-11)33-10-16(25)12-3-4-13-14(9-12)22(29)24(21(13)28)15-5-7-19(26)23-20(15)27/h2-4,6,8-9,15H,5,7,10H2,1H3,(H,23,26,27)(H,30,31,32). The minimum absolute atomic E-state index is 0.00233. The maximum atomic E-state index is 12.9. The average molecular weight is 486 g/mol. The number of hydrogen-bond donors (Lipinski definition) is 2. The Morgan fingerprint density at radius 3 is 2.47 bits per heavy atom. The molecule has 176 valence electrons. The van der Waals surface area contributed by atoms with Crippen molar-refractivity contribution in [2.75, 3.05) is 6.61 Å². The third kappa shape index (κ3) is 4.20. The molecule has 0 aliphatic carbocycles. The van der Waals surface area contributed by atoms with Crippen LogP contribution in [0, 0.1) is 6.92 Å². The van der Waals surface area contributed by atoms with Gasteiger partial charge in [-0.05, 0) is 43.2 Å². The molecule has 0 bridgehead atoms. The molecule has 2 N–H and O–H groups in total. The highest BCUT2D eigenvalue weighted by Crippen LogP contribution is 2.29. The summed E-state index contributed by atoms with van der Waals surface area (Å²) in [5, 5.41) is 2.10. The smallest absolute Gasteiger partial charge is 0.298 e. The molecule has 2 aliphatic heterocycles. The fraction of sp³-hybridized carbons (Fsp3) is 0.227. The third-order valence-corrected chi connectivity index (χ3v) is 6.39. The van der Waals surface area contributed by atoms with Gasteiger partial charge in [-0.1, -0.05) is 12.1 Å². The number of fused-ring (bicyclic) bond motifs is 1. The Morgan fingerprint density at radius 1 is 1.09 bits per heavy atom. The van der Waals surface area contributed by atoms with E-state index in [1.54, 1.807) is 6.92 Å². The number of benzene rings is 2. The van der Waals surface area contributed by atoms with E-state index in [1.807, 2.05) is 0 Å². The first-order valence-corrected chi connectivity index (χ1v) is 11.5. The van der Waals surface area contributed by atoms with Gasteiger partial charge in [0, 0.05) is 12.0 Å². The molecule has 1 unspecified atom stereocenters. The summed E-state index contributed by atoms with van der Waals surface area (Å²) in [5.41, 5.74) is 0.588. The molecule has 2 aromatic carbocycles. The van der Waals surface area contributed by atoms with E-state index in [4.69, 9.17) is 4.74 Å². The number of ether oxygens (including phenoxy) is 1. The van der Waals surface area contributed by atoms with E-state index < -0.39 is 57.1 Å². The van der Waals surface area contributed by atoms with Crippen LogP contribution < -0.4 is 10.1 Å². The number of Topliss-reactive ketones (excluding diaryl/α,β-unsaturated/α-hetero) is 1. The molecule has 11 nitrogen and oxygen atoms in total. The molecular formula is C22H18N2O9S. The van der Waals surface area contributed by atoms with Gasteiger partial charge in [-0.2, -0.15) is 8.42 Å². The molecule has 1 atom stereocenters. The van der Waals surface area contributed by atoms with Crippen molar-refractivity contribution in [1.29, 1.82) is 0 Å². The van der Waals surface area contributed by atoms with E-state index in [0.717, 1.165) is 11.0 Å². The lowest BCUT2D eigenvalue weighted by Crippen LogP contribution is -2.54. The van der Waals surface area contributed by atoms with E-state index in [9.17, 15) is 36.9 Å². The van der Waals surface area contributed by atoms with Gasteiger partial charge < -0.3 is 4.74 Å². The maximum Gasteiger partial charge on any atom is 0.298 e. The Hall–Kier alpha value is -3.90. The summed E-state index contributed by atoms with van der Waals surface area (Å²) in [4.78, 5) is 62.1. The Bertz CT molecular complexity index is 1380. The van der Waals surface area contributed by atoms with Crippen LogP contribution in [-0.4, -0.2) is 59.9 Å². The number of imide groups is 2. The van der Waals surface area contributed by atoms with E-state index in [1.165, 1.54) is 30.3 Å². The van der Waals surface area contributed by atoms with Crippen molar-refractivity contribution in [3.63, 3.8) is 0 Å². The maximum absolute atomic E-state index is 12.9. The Kier molecular flexibility index (Phi) is 5.79. The highest BCUT2D eigenvalue weighted by molar-refractivity contribution is 7.86. The number of carbonyl (C=O) groups is 5. The molecule has 2 aliphatic rings. The van der Waals surface area contributed by atoms with Gasteiger partial charge in [0.15, 0.2) is 12.4 Å². The zero-order valence-electron chi connectivity index (χ0n) is 17.7. The van der Waals surface area contributed by atoms with Crippen LogP contribution in [0.15, 0.2) is 41.3 Å². The SMILES string of the molecule is Cc1ccc(S(=O)(=O)O)c(OCC(=O)c2ccc3c(c2)C(=O)N(C2CCC(=O)NC2=O)C3=O)c1. The predicted molar refractivity (Wildman–Crippen MR) is 114 cm³/mol. The number of ketones is 1. The van der Waals surface area contributed by atoms with Gasteiger partial charge in [0.25, 0.3) is 21.9 Å². The number of carbonyl (C=O) groups excluding carboxylic acids is 5. The lowest BCUT2D eigenvalue weighted by molar-refractivity contribution is -0.136. The molecule has 1 saturated heterocycles. The lowest BCUT2D eigenvalue weighted by atomic mass is 10.0. The van der Waals surface area contributed by atoms with Crippen LogP contribution in [-0.2, 0) is 19.7 Å². The molecule has 2 aromatic rings. The van der Waals surface area contributed by atoms with Gasteiger partial charge in [0.05, 0.1) is 11.1 Å². The first kappa shape index (κ1) is 23.3. The second kappa shape index (κ2) is 8.47. The summed E-state index contributed by atoms with van der Waals surface area (Å²) < 4.78 is 37.8. The van der Waals surface area contributed by atoms with Crippen LogP contribution in [0.25, 0.3) is 0 Å². The van der Waals surface area contributed by atoms with E-state index >= 15 is 0 Å². The van der Waals surface area contributed by atoms with Crippen LogP contribution in [0.1, 0.15) is 49.5 Å². The molecule has 34 heavy (non-hydrogen) atoms. The Morgan fingerprint density at radius 2 is 1.79 bits per heavy atom. The van der Waals surface area contributed by atoms with Crippen LogP contribution in [0.2, 0.25) is 0 Å². The first-order chi connectivity index (χ1) is 16.0. The number of aryl methyl sites for hydroxylation is 1. The Balaban J connectivity index is 1.55. The normalized spacial score (nSPS) is 18.1. The van der Waals surface area contributed by atoms with Crippen molar-refractivity contribution in [2.45, 2.75) is 30.7 Å². The molecule has 0 spiro atoms. The van der Waals surface area contributed by atoms with Gasteiger partial charge in [0.2, 0.25) is 11.8 Å². The van der Waals surface area contributed by atoms with Crippen LogP contribution in [0.5, 0.6) is 5.75 Å². The third-order valence-electron chi connectivity index (χ3n) is 5.50. The average Bonchev–Trinajstić information content (AvgIpc) is 3.01. The number of amides is 4. The quantitative estimate of drug-likeness (QED) is 0.343. The number of hydrogen-bond acceptors (Lipinski definition) is 8. The number of nitrogens with one attached hydrogen (secondary N) is 1. The second-order valence-corrected chi connectivity index (χ2v) is 9.23. The molecule has 4 amide bonds. The molecule has 4 rings (SSSR count). The molecule has 1 fully saturated rings. The van der Waals surface area contributed by atoms with E-state index in [0.29, 0.717) is 5.56 Å². The van der Waals surface area contributed by atoms with Gasteiger partial charge in [-0.15, -0.1) is 0 Å². The highest BCUT2D eigenvalue weighted by Gasteiger charge is 2.44. The van der Waals surface area contributed by atoms with Gasteiger partial charge >= 0.3 is 0 Å². The van der Waals surface area contributed by atoms with Crippen molar-refractivity contribution in [3.8, 4) is 5.75 Å². The van der Waals surface area contributed by atoms with E-state index in [2.05, 4.69) is 5.32 Å². The van der Waals surface area contributed by atoms with Crippen molar-refractivity contribution in [3.05, 3.63) is 58.7 Å². The largest absolute Gasteiger partial charge is 0.484 e. The number of rotatable bonds is 6. The van der Waals surface area contributed by atoms with Crippen LogP contribution in [0.4, 0.5) is 0 Å². The fourth-order valence-corrected chi connectivity index (χ4v) is 4.42. The summed E-state index contributed by atoms with van der Waals surface area (Å²) >= 11 is 0. The van der Waals surface area contributed by atoms with Crippen molar-refractivity contribution < 1.29 is 41.7 Å². The molecular weight excluding hydrogens is 468 g/mol. The minimum Gasteiger partial charge on any atom is -0.484 e. The molecule has 0 aromatic heterocycles. The number of nitrogens with zero attached hydrogens (tertiary/aromatic N) is 1. The second-order valence-electron chi connectivity index (χ2n) is 7.84. The highest BCUT2D eigenvalue weighted by atomic mass is 32.2. The summed E-state index contributed by atoms with van der Waals surface area (Å²) in [6.45, 7) is 1.06.